The van der Waals surface area contributed by atoms with Crippen molar-refractivity contribution in [1.29, 1.82) is 0 Å². The molecule has 0 bridgehead atoms. The Bertz CT molecular complexity index is 997. The van der Waals surface area contributed by atoms with E-state index in [1.807, 2.05) is 44.2 Å². The Morgan fingerprint density at radius 1 is 1.03 bits per heavy atom. The Balaban J connectivity index is 1.79. The number of ketones is 2. The van der Waals surface area contributed by atoms with E-state index < -0.39 is 17.4 Å². The number of amidine groups is 1. The first-order chi connectivity index (χ1) is 14.4. The number of allylic oxidation sites excluding steroid dienone is 2. The van der Waals surface area contributed by atoms with E-state index in [-0.39, 0.29) is 11.6 Å². The Kier molecular flexibility index (Phi) is 5.36. The number of hydrogen-bond donors (Lipinski definition) is 0. The number of rotatable bonds is 6. The molecule has 3 aliphatic rings. The van der Waals surface area contributed by atoms with Crippen molar-refractivity contribution in [2.45, 2.75) is 39.7 Å². The molecule has 6 nitrogen and oxygen atoms in total. The van der Waals surface area contributed by atoms with Crippen LogP contribution in [-0.4, -0.2) is 59.4 Å². The summed E-state index contributed by atoms with van der Waals surface area (Å²) in [6.07, 6.45) is 2.38. The second-order valence-corrected chi connectivity index (χ2v) is 8.51. The molecule has 2 unspecified atom stereocenters. The normalized spacial score (nSPS) is 24.7. The Hall–Kier alpha value is -2.73. The van der Waals surface area contributed by atoms with Gasteiger partial charge >= 0.3 is 0 Å². The summed E-state index contributed by atoms with van der Waals surface area (Å²) in [6.45, 7) is 10.5. The molecule has 156 valence electrons. The average Bonchev–Trinajstić information content (AvgIpc) is 3.20. The number of carbonyl (C=O) groups excluding carboxylic acids is 2. The molecule has 1 aromatic rings. The van der Waals surface area contributed by atoms with Gasteiger partial charge in [0.15, 0.2) is 17.4 Å². The maximum Gasteiger partial charge on any atom is 0.187 e. The molecule has 30 heavy (non-hydrogen) atoms. The summed E-state index contributed by atoms with van der Waals surface area (Å²) < 4.78 is 0. The van der Waals surface area contributed by atoms with Crippen LogP contribution >= 0.6 is 0 Å². The van der Waals surface area contributed by atoms with Gasteiger partial charge < -0.3 is 4.90 Å². The first-order valence-corrected chi connectivity index (χ1v) is 10.7. The van der Waals surface area contributed by atoms with Gasteiger partial charge in [0.2, 0.25) is 0 Å². The molecule has 2 heterocycles. The molecule has 2 atom stereocenters. The maximum atomic E-state index is 13.5. The molecule has 0 saturated carbocycles. The van der Waals surface area contributed by atoms with E-state index >= 15 is 0 Å². The Morgan fingerprint density at radius 2 is 1.73 bits per heavy atom. The highest BCUT2D eigenvalue weighted by atomic mass is 16.1. The van der Waals surface area contributed by atoms with Gasteiger partial charge in [-0.05, 0) is 39.9 Å². The van der Waals surface area contributed by atoms with Crippen molar-refractivity contribution in [2.24, 2.45) is 26.8 Å². The quantitative estimate of drug-likeness (QED) is 0.731. The molecule has 1 aliphatic carbocycles. The summed E-state index contributed by atoms with van der Waals surface area (Å²) in [6, 6.07) is 9.62. The van der Waals surface area contributed by atoms with Gasteiger partial charge in [0.1, 0.15) is 16.9 Å². The van der Waals surface area contributed by atoms with Gasteiger partial charge in [0.25, 0.3) is 0 Å². The lowest BCUT2D eigenvalue weighted by atomic mass is 9.67. The molecule has 0 radical (unpaired) electrons. The van der Waals surface area contributed by atoms with Crippen LogP contribution in [0.5, 0.6) is 0 Å². The lowest BCUT2D eigenvalue weighted by Gasteiger charge is -2.38. The van der Waals surface area contributed by atoms with Crippen molar-refractivity contribution in [1.82, 2.24) is 4.90 Å². The average molecular weight is 405 g/mol. The fourth-order valence-electron chi connectivity index (χ4n) is 4.42. The lowest BCUT2D eigenvalue weighted by molar-refractivity contribution is -0.131. The molecule has 0 saturated heterocycles. The third-order valence-corrected chi connectivity index (χ3v) is 6.34. The molecule has 2 aliphatic heterocycles. The predicted octanol–water partition coefficient (Wildman–Crippen LogP) is 3.12. The van der Waals surface area contributed by atoms with E-state index in [4.69, 9.17) is 0 Å². The second kappa shape index (κ2) is 7.84. The van der Waals surface area contributed by atoms with Crippen LogP contribution in [0, 0.1) is 11.8 Å². The molecule has 0 N–H and O–H groups in total. The van der Waals surface area contributed by atoms with Crippen molar-refractivity contribution in [3.05, 3.63) is 47.2 Å². The molecule has 6 heteroatoms. The van der Waals surface area contributed by atoms with Crippen LogP contribution < -0.4 is 0 Å². The minimum absolute atomic E-state index is 0.00666. The van der Waals surface area contributed by atoms with Crippen molar-refractivity contribution in [3.8, 4) is 0 Å². The van der Waals surface area contributed by atoms with Crippen LogP contribution in [0.15, 0.2) is 56.6 Å². The van der Waals surface area contributed by atoms with Crippen LogP contribution in [0.25, 0.3) is 0 Å². The Labute approximate surface area is 177 Å². The summed E-state index contributed by atoms with van der Waals surface area (Å²) >= 11 is 0. The van der Waals surface area contributed by atoms with Gasteiger partial charge in [-0.3, -0.25) is 14.6 Å². The Morgan fingerprint density at radius 3 is 2.40 bits per heavy atom. The van der Waals surface area contributed by atoms with Crippen molar-refractivity contribution < 1.29 is 9.59 Å². The monoisotopic (exact) mass is 404 g/mol. The number of aliphatic imine (C=N–C) groups is 3. The van der Waals surface area contributed by atoms with Crippen LogP contribution in [0.2, 0.25) is 0 Å². The van der Waals surface area contributed by atoms with E-state index in [1.165, 1.54) is 0 Å². The van der Waals surface area contributed by atoms with E-state index in [0.717, 1.165) is 30.8 Å². The minimum Gasteiger partial charge on any atom is -0.304 e. The van der Waals surface area contributed by atoms with Crippen LogP contribution in [-0.2, 0) is 9.59 Å². The first-order valence-electron chi connectivity index (χ1n) is 10.7. The number of Topliss-reactive ketones (excluding diaryl/α,β-unsaturated/α-hetero) is 2. The smallest absolute Gasteiger partial charge is 0.187 e. The van der Waals surface area contributed by atoms with Gasteiger partial charge in [-0.1, -0.05) is 44.2 Å². The highest BCUT2D eigenvalue weighted by Gasteiger charge is 2.51. The van der Waals surface area contributed by atoms with E-state index in [1.54, 1.807) is 6.21 Å². The molecular formula is C24H28N4O2. The molecule has 0 fully saturated rings. The first kappa shape index (κ1) is 20.5. The molecule has 0 aromatic heterocycles. The van der Waals surface area contributed by atoms with Gasteiger partial charge in [-0.2, -0.15) is 0 Å². The van der Waals surface area contributed by atoms with Gasteiger partial charge in [0, 0.05) is 23.3 Å². The highest BCUT2D eigenvalue weighted by Crippen LogP contribution is 2.41. The zero-order chi connectivity index (χ0) is 21.5. The third-order valence-electron chi connectivity index (χ3n) is 6.34. The highest BCUT2D eigenvalue weighted by molar-refractivity contribution is 6.52. The van der Waals surface area contributed by atoms with E-state index in [2.05, 4.69) is 33.7 Å². The molecule has 0 amide bonds. The van der Waals surface area contributed by atoms with E-state index in [9.17, 15) is 9.59 Å². The van der Waals surface area contributed by atoms with Crippen molar-refractivity contribution >= 4 is 29.3 Å². The zero-order valence-corrected chi connectivity index (χ0v) is 18.1. The molecule has 0 spiro atoms. The summed E-state index contributed by atoms with van der Waals surface area (Å²) in [7, 11) is 0. The summed E-state index contributed by atoms with van der Waals surface area (Å²) in [5, 5.41) is 0. The fraction of sp³-hybridized carbons (Fsp3) is 0.458. The lowest BCUT2D eigenvalue weighted by Crippen LogP contribution is -2.50. The van der Waals surface area contributed by atoms with Crippen molar-refractivity contribution in [2.75, 3.05) is 19.6 Å². The summed E-state index contributed by atoms with van der Waals surface area (Å²) in [5.41, 5.74) is 1.67. The SMILES string of the molecule is CCN(CC)CCC1C(=O)C2=NC(c3ccccc3)=NC2=C2C=NC(C)(C)C(=O)C21. The summed E-state index contributed by atoms with van der Waals surface area (Å²) in [5.74, 6) is -0.483. The zero-order valence-electron chi connectivity index (χ0n) is 18.1. The number of carbonyl (C=O) groups is 2. The number of benzene rings is 1. The number of hydrogen-bond acceptors (Lipinski definition) is 6. The van der Waals surface area contributed by atoms with Gasteiger partial charge in [-0.15, -0.1) is 0 Å². The number of fused-ring (bicyclic) bond motifs is 2. The standard InChI is InChI=1S/C24H28N4O2/c1-5-28(6-2)13-12-16-18-17(14-25-24(3,4)22(18)30)19-20(21(16)29)27-23(26-19)15-10-8-7-9-11-15/h7-11,14,16,18H,5-6,12-13H2,1-4H3. The van der Waals surface area contributed by atoms with Crippen LogP contribution in [0.1, 0.15) is 39.7 Å². The third kappa shape index (κ3) is 3.39. The van der Waals surface area contributed by atoms with Crippen LogP contribution in [0.4, 0.5) is 0 Å². The summed E-state index contributed by atoms with van der Waals surface area (Å²) in [4.78, 5) is 42.9. The minimum atomic E-state index is -0.832. The van der Waals surface area contributed by atoms with Gasteiger partial charge in [0.05, 0.1) is 5.92 Å². The molecule has 1 aromatic carbocycles. The molecular weight excluding hydrogens is 376 g/mol. The largest absolute Gasteiger partial charge is 0.304 e. The number of nitrogens with zero attached hydrogens (tertiary/aromatic N) is 4. The topological polar surface area (TPSA) is 74.5 Å². The second-order valence-electron chi connectivity index (χ2n) is 8.51. The van der Waals surface area contributed by atoms with Crippen molar-refractivity contribution in [3.63, 3.8) is 0 Å². The maximum absolute atomic E-state index is 13.5. The fourth-order valence-corrected chi connectivity index (χ4v) is 4.42. The van der Waals surface area contributed by atoms with Gasteiger partial charge in [-0.25, -0.2) is 9.98 Å². The predicted molar refractivity (Wildman–Crippen MR) is 119 cm³/mol. The van der Waals surface area contributed by atoms with Crippen LogP contribution in [0.3, 0.4) is 0 Å². The van der Waals surface area contributed by atoms with E-state index in [0.29, 0.717) is 23.7 Å². The molecule has 4 rings (SSSR count).